The van der Waals surface area contributed by atoms with Crippen LogP contribution in [0, 0.1) is 11.3 Å². The number of ether oxygens (including phenoxy) is 3. The molecule has 0 saturated carbocycles. The maximum atomic E-state index is 11.9. The average molecular weight is 417 g/mol. The Morgan fingerprint density at radius 2 is 1.65 bits per heavy atom. The Morgan fingerprint density at radius 1 is 1.03 bits per heavy atom. The first-order valence-corrected chi connectivity index (χ1v) is 9.34. The van der Waals surface area contributed by atoms with Crippen molar-refractivity contribution < 1.29 is 24.1 Å². The predicted molar refractivity (Wildman–Crippen MR) is 112 cm³/mol. The summed E-state index contributed by atoms with van der Waals surface area (Å²) < 4.78 is 16.8. The Balaban J connectivity index is 1.95. The van der Waals surface area contributed by atoms with Gasteiger partial charge < -0.3 is 19.3 Å². The average Bonchev–Trinajstić information content (AvgIpc) is 2.78. The Labute approximate surface area is 179 Å². The van der Waals surface area contributed by atoms with Crippen molar-refractivity contribution in [3.8, 4) is 29.3 Å². The SMILES string of the molecule is CCC(OC)=C(C(=O)O)c1ccccc1Oc1cc(Oc2ccccc2C#N)ncn1. The smallest absolute Gasteiger partial charge is 0.339 e. The van der Waals surface area contributed by atoms with E-state index in [1.807, 2.05) is 0 Å². The number of methoxy groups -OCH3 is 1. The number of rotatable bonds is 8. The van der Waals surface area contributed by atoms with Crippen LogP contribution in [0.1, 0.15) is 24.5 Å². The molecule has 0 radical (unpaired) electrons. The van der Waals surface area contributed by atoms with Crippen molar-refractivity contribution in [2.75, 3.05) is 7.11 Å². The highest BCUT2D eigenvalue weighted by atomic mass is 16.5. The van der Waals surface area contributed by atoms with E-state index in [-0.39, 0.29) is 23.1 Å². The number of hydrogen-bond donors (Lipinski definition) is 1. The second-order valence-corrected chi connectivity index (χ2v) is 6.16. The lowest BCUT2D eigenvalue weighted by atomic mass is 10.0. The summed E-state index contributed by atoms with van der Waals surface area (Å²) in [7, 11) is 1.43. The number of hydrogen-bond acceptors (Lipinski definition) is 7. The Kier molecular flexibility index (Phi) is 6.81. The molecular weight excluding hydrogens is 398 g/mol. The second-order valence-electron chi connectivity index (χ2n) is 6.16. The monoisotopic (exact) mass is 417 g/mol. The van der Waals surface area contributed by atoms with Crippen LogP contribution < -0.4 is 9.47 Å². The van der Waals surface area contributed by atoms with Crippen LogP contribution >= 0.6 is 0 Å². The number of para-hydroxylation sites is 2. The number of carboxylic acids is 1. The molecule has 8 heteroatoms. The lowest BCUT2D eigenvalue weighted by Gasteiger charge is -2.14. The van der Waals surface area contributed by atoms with Gasteiger partial charge in [0, 0.05) is 12.0 Å². The molecule has 0 unspecified atom stereocenters. The molecule has 0 aliphatic heterocycles. The van der Waals surface area contributed by atoms with E-state index in [0.29, 0.717) is 29.1 Å². The maximum absolute atomic E-state index is 11.9. The Bertz CT molecular complexity index is 1160. The summed E-state index contributed by atoms with van der Waals surface area (Å²) in [5.74, 6) is 0.138. The lowest BCUT2D eigenvalue weighted by Crippen LogP contribution is -2.06. The summed E-state index contributed by atoms with van der Waals surface area (Å²) >= 11 is 0. The van der Waals surface area contributed by atoms with Gasteiger partial charge in [-0.15, -0.1) is 0 Å². The van der Waals surface area contributed by atoms with Crippen LogP contribution in [0.25, 0.3) is 5.57 Å². The number of carboxylic acid groups (broad SMARTS) is 1. The molecule has 8 nitrogen and oxygen atoms in total. The van der Waals surface area contributed by atoms with Crippen molar-refractivity contribution in [3.05, 3.63) is 77.8 Å². The van der Waals surface area contributed by atoms with E-state index in [1.165, 1.54) is 19.5 Å². The van der Waals surface area contributed by atoms with Gasteiger partial charge >= 0.3 is 5.97 Å². The third-order valence-corrected chi connectivity index (χ3v) is 4.27. The number of aliphatic carboxylic acids is 1. The molecule has 0 fully saturated rings. The summed E-state index contributed by atoms with van der Waals surface area (Å²) in [4.78, 5) is 20.0. The van der Waals surface area contributed by atoms with Crippen LogP contribution in [0.5, 0.6) is 23.3 Å². The molecule has 2 aromatic carbocycles. The number of aromatic nitrogens is 2. The minimum Gasteiger partial charge on any atom is -0.500 e. The summed E-state index contributed by atoms with van der Waals surface area (Å²) in [6, 6.07) is 17.0. The zero-order valence-electron chi connectivity index (χ0n) is 16.9. The van der Waals surface area contributed by atoms with Gasteiger partial charge in [0.2, 0.25) is 11.8 Å². The van der Waals surface area contributed by atoms with Crippen molar-refractivity contribution in [2.24, 2.45) is 0 Å². The van der Waals surface area contributed by atoms with Crippen LogP contribution in [-0.2, 0) is 9.53 Å². The summed E-state index contributed by atoms with van der Waals surface area (Å²) in [6.45, 7) is 1.80. The van der Waals surface area contributed by atoms with E-state index in [2.05, 4.69) is 16.0 Å². The first-order valence-electron chi connectivity index (χ1n) is 9.34. The summed E-state index contributed by atoms with van der Waals surface area (Å²) in [5, 5.41) is 19.0. The third kappa shape index (κ3) is 4.97. The highest BCUT2D eigenvalue weighted by Crippen LogP contribution is 2.33. The van der Waals surface area contributed by atoms with E-state index < -0.39 is 5.97 Å². The molecule has 0 atom stereocenters. The van der Waals surface area contributed by atoms with Crippen LogP contribution in [0.4, 0.5) is 0 Å². The molecule has 1 heterocycles. The van der Waals surface area contributed by atoms with Crippen LogP contribution in [0.3, 0.4) is 0 Å². The lowest BCUT2D eigenvalue weighted by molar-refractivity contribution is -0.130. The van der Waals surface area contributed by atoms with Crippen LogP contribution in [0.15, 0.2) is 66.7 Å². The van der Waals surface area contributed by atoms with Gasteiger partial charge in [-0.3, -0.25) is 0 Å². The van der Waals surface area contributed by atoms with Gasteiger partial charge in [-0.2, -0.15) is 5.26 Å². The Morgan fingerprint density at radius 3 is 2.26 bits per heavy atom. The molecular formula is C23H19N3O5. The zero-order valence-corrected chi connectivity index (χ0v) is 16.9. The third-order valence-electron chi connectivity index (χ3n) is 4.27. The molecule has 3 aromatic rings. The normalized spacial score (nSPS) is 11.1. The maximum Gasteiger partial charge on any atom is 0.339 e. The van der Waals surface area contributed by atoms with Gasteiger partial charge in [0.15, 0.2) is 0 Å². The van der Waals surface area contributed by atoms with Crippen LogP contribution in [-0.4, -0.2) is 28.2 Å². The minimum atomic E-state index is -1.13. The van der Waals surface area contributed by atoms with Gasteiger partial charge in [0.05, 0.1) is 18.7 Å². The molecule has 3 rings (SSSR count). The largest absolute Gasteiger partial charge is 0.500 e. The topological polar surface area (TPSA) is 115 Å². The molecule has 1 aromatic heterocycles. The number of nitriles is 1. The van der Waals surface area contributed by atoms with Crippen molar-refractivity contribution in [3.63, 3.8) is 0 Å². The number of benzene rings is 2. The van der Waals surface area contributed by atoms with Crippen molar-refractivity contribution in [2.45, 2.75) is 13.3 Å². The standard InChI is InChI=1S/C23H19N3O5/c1-3-17(29-2)22(23(27)28)16-9-5-7-11-19(16)31-21-12-20(25-14-26-21)30-18-10-6-4-8-15(18)13-24/h4-12,14H,3H2,1-2H3,(H,27,28). The quantitative estimate of drug-likeness (QED) is 0.411. The Hall–Kier alpha value is -4.38. The van der Waals surface area contributed by atoms with Crippen molar-refractivity contribution in [1.82, 2.24) is 9.97 Å². The van der Waals surface area contributed by atoms with E-state index in [4.69, 9.17) is 14.2 Å². The molecule has 0 amide bonds. The zero-order chi connectivity index (χ0) is 22.2. The highest BCUT2D eigenvalue weighted by Gasteiger charge is 2.21. The van der Waals surface area contributed by atoms with Gasteiger partial charge in [-0.25, -0.2) is 14.8 Å². The first-order chi connectivity index (χ1) is 15.1. The fourth-order valence-electron chi connectivity index (χ4n) is 2.88. The van der Waals surface area contributed by atoms with E-state index in [9.17, 15) is 15.2 Å². The van der Waals surface area contributed by atoms with E-state index >= 15 is 0 Å². The number of allylic oxidation sites excluding steroid dienone is 1. The molecule has 1 N–H and O–H groups in total. The highest BCUT2D eigenvalue weighted by molar-refractivity contribution is 6.17. The summed E-state index contributed by atoms with van der Waals surface area (Å²) in [6.07, 6.45) is 1.65. The molecule has 0 aliphatic rings. The van der Waals surface area contributed by atoms with Crippen LogP contribution in [0.2, 0.25) is 0 Å². The fourth-order valence-corrected chi connectivity index (χ4v) is 2.88. The first kappa shape index (κ1) is 21.3. The summed E-state index contributed by atoms with van der Waals surface area (Å²) in [5.41, 5.74) is 0.718. The number of nitrogens with zero attached hydrogens (tertiary/aromatic N) is 3. The minimum absolute atomic E-state index is 0.00840. The van der Waals surface area contributed by atoms with Gasteiger partial charge in [0.25, 0.3) is 0 Å². The number of carbonyl (C=O) groups is 1. The second kappa shape index (κ2) is 9.89. The molecule has 156 valence electrons. The fraction of sp³-hybridized carbons (Fsp3) is 0.130. The molecule has 0 saturated heterocycles. The van der Waals surface area contributed by atoms with Crippen molar-refractivity contribution in [1.29, 1.82) is 5.26 Å². The molecule has 0 bridgehead atoms. The van der Waals surface area contributed by atoms with E-state index in [0.717, 1.165) is 0 Å². The van der Waals surface area contributed by atoms with Gasteiger partial charge in [-0.1, -0.05) is 37.3 Å². The molecule has 0 aliphatic carbocycles. The van der Waals surface area contributed by atoms with Gasteiger partial charge in [-0.05, 0) is 18.2 Å². The van der Waals surface area contributed by atoms with E-state index in [1.54, 1.807) is 55.5 Å². The molecule has 31 heavy (non-hydrogen) atoms. The molecule has 0 spiro atoms. The van der Waals surface area contributed by atoms with Crippen molar-refractivity contribution >= 4 is 11.5 Å². The van der Waals surface area contributed by atoms with Gasteiger partial charge in [0.1, 0.15) is 35.2 Å². The predicted octanol–water partition coefficient (Wildman–Crippen LogP) is 4.78.